The summed E-state index contributed by atoms with van der Waals surface area (Å²) in [4.78, 5) is 25.0. The van der Waals surface area contributed by atoms with Crippen molar-refractivity contribution < 1.29 is 14.3 Å². The van der Waals surface area contributed by atoms with E-state index in [1.807, 2.05) is 38.1 Å². The topological polar surface area (TPSA) is 93.2 Å². The van der Waals surface area contributed by atoms with Gasteiger partial charge in [-0.3, -0.25) is 14.9 Å². The lowest BCUT2D eigenvalue weighted by Gasteiger charge is -2.23. The summed E-state index contributed by atoms with van der Waals surface area (Å²) in [5, 5.41) is 15.0. The van der Waals surface area contributed by atoms with Crippen molar-refractivity contribution in [3.05, 3.63) is 24.3 Å². The van der Waals surface area contributed by atoms with E-state index in [4.69, 9.17) is 4.74 Å². The molecule has 0 aliphatic carbocycles. The molecule has 0 saturated carbocycles. The largest absolute Gasteiger partial charge is 0.497 e. The van der Waals surface area contributed by atoms with Crippen molar-refractivity contribution in [3.63, 3.8) is 0 Å². The minimum atomic E-state index is -0.599. The molecule has 2 aromatic rings. The second-order valence-electron chi connectivity index (χ2n) is 7.02. The number of hydrogen-bond acceptors (Lipinski definition) is 6. The molecule has 7 nitrogen and oxygen atoms in total. The van der Waals surface area contributed by atoms with Crippen LogP contribution in [0.15, 0.2) is 24.3 Å². The number of hydrogen-bond donors (Lipinski definition) is 2. The average Bonchev–Trinajstić information content (AvgIpc) is 3.20. The van der Waals surface area contributed by atoms with Crippen molar-refractivity contribution in [2.45, 2.75) is 58.9 Å². The number of ether oxygens (including phenoxy) is 1. The Balaban J connectivity index is 2.05. The van der Waals surface area contributed by atoms with Gasteiger partial charge in [-0.1, -0.05) is 63.5 Å². The summed E-state index contributed by atoms with van der Waals surface area (Å²) in [6.45, 7) is 6.05. The van der Waals surface area contributed by atoms with Gasteiger partial charge < -0.3 is 10.1 Å². The smallest absolute Gasteiger partial charge is 0.249 e. The highest BCUT2D eigenvalue weighted by atomic mass is 32.1. The first kappa shape index (κ1) is 22.8. The van der Waals surface area contributed by atoms with Gasteiger partial charge >= 0.3 is 0 Å². The summed E-state index contributed by atoms with van der Waals surface area (Å²) < 4.78 is 5.24. The van der Waals surface area contributed by atoms with E-state index in [2.05, 4.69) is 27.8 Å². The van der Waals surface area contributed by atoms with Crippen LogP contribution in [0.1, 0.15) is 52.9 Å². The summed E-state index contributed by atoms with van der Waals surface area (Å²) in [7, 11) is 1.61. The van der Waals surface area contributed by atoms with E-state index in [1.54, 1.807) is 7.11 Å². The van der Waals surface area contributed by atoms with E-state index in [0.29, 0.717) is 16.6 Å². The second kappa shape index (κ2) is 11.5. The number of benzene rings is 1. The minimum Gasteiger partial charge on any atom is -0.497 e. The first-order chi connectivity index (χ1) is 14.0. The zero-order valence-electron chi connectivity index (χ0n) is 17.5. The SMILES string of the molecule is CCCCCC(=O)NC(C(=O)Nc1nnc(-c2cccc(OC)c2)s1)C(C)CC. The van der Waals surface area contributed by atoms with Gasteiger partial charge in [0.15, 0.2) is 0 Å². The molecule has 0 aliphatic heterocycles. The van der Waals surface area contributed by atoms with Gasteiger partial charge in [0.25, 0.3) is 0 Å². The number of nitrogens with one attached hydrogen (secondary N) is 2. The maximum absolute atomic E-state index is 12.8. The van der Waals surface area contributed by atoms with E-state index in [0.717, 1.165) is 37.0 Å². The Labute approximate surface area is 176 Å². The molecule has 2 amide bonds. The number of rotatable bonds is 11. The molecule has 1 aromatic carbocycles. The first-order valence-corrected chi connectivity index (χ1v) is 10.9. The minimum absolute atomic E-state index is 0.0101. The van der Waals surface area contributed by atoms with Crippen LogP contribution in [0.2, 0.25) is 0 Å². The van der Waals surface area contributed by atoms with Crippen LogP contribution in [0, 0.1) is 5.92 Å². The maximum atomic E-state index is 12.8. The quantitative estimate of drug-likeness (QED) is 0.532. The lowest BCUT2D eigenvalue weighted by Crippen LogP contribution is -2.47. The molecule has 2 N–H and O–H groups in total. The van der Waals surface area contributed by atoms with Gasteiger partial charge in [0.2, 0.25) is 16.9 Å². The zero-order valence-corrected chi connectivity index (χ0v) is 18.3. The first-order valence-electron chi connectivity index (χ1n) is 10.1. The van der Waals surface area contributed by atoms with Gasteiger partial charge in [-0.25, -0.2) is 0 Å². The fourth-order valence-electron chi connectivity index (χ4n) is 2.81. The van der Waals surface area contributed by atoms with Gasteiger partial charge in [-0.05, 0) is 24.5 Å². The molecule has 2 rings (SSSR count). The number of carbonyl (C=O) groups excluding carboxylic acids is 2. The molecular formula is C21H30N4O3S. The van der Waals surface area contributed by atoms with Crippen LogP contribution >= 0.6 is 11.3 Å². The van der Waals surface area contributed by atoms with Gasteiger partial charge in [-0.15, -0.1) is 10.2 Å². The third-order valence-corrected chi connectivity index (χ3v) is 5.68. The lowest BCUT2D eigenvalue weighted by atomic mass is 9.98. The van der Waals surface area contributed by atoms with Gasteiger partial charge in [0.1, 0.15) is 16.8 Å². The summed E-state index contributed by atoms with van der Waals surface area (Å²) in [6, 6.07) is 6.91. The van der Waals surface area contributed by atoms with Crippen LogP contribution in [-0.4, -0.2) is 35.2 Å². The Morgan fingerprint density at radius 2 is 2.00 bits per heavy atom. The summed E-state index contributed by atoms with van der Waals surface area (Å²) in [5.74, 6) is 0.381. The van der Waals surface area contributed by atoms with Crippen LogP contribution in [0.3, 0.4) is 0 Å². The Hall–Kier alpha value is -2.48. The highest BCUT2D eigenvalue weighted by Crippen LogP contribution is 2.29. The molecule has 29 heavy (non-hydrogen) atoms. The van der Waals surface area contributed by atoms with Gasteiger partial charge in [0, 0.05) is 12.0 Å². The number of aromatic nitrogens is 2. The van der Waals surface area contributed by atoms with E-state index < -0.39 is 6.04 Å². The zero-order chi connectivity index (χ0) is 21.2. The average molecular weight is 419 g/mol. The van der Waals surface area contributed by atoms with Crippen molar-refractivity contribution in [1.29, 1.82) is 0 Å². The summed E-state index contributed by atoms with van der Waals surface area (Å²) in [6.07, 6.45) is 4.10. The van der Waals surface area contributed by atoms with Crippen LogP contribution in [-0.2, 0) is 9.59 Å². The molecule has 0 bridgehead atoms. The maximum Gasteiger partial charge on any atom is 0.249 e. The number of amides is 2. The number of anilines is 1. The van der Waals surface area contributed by atoms with Gasteiger partial charge in [0.05, 0.1) is 7.11 Å². The van der Waals surface area contributed by atoms with Crippen LogP contribution in [0.25, 0.3) is 10.6 Å². The number of carbonyl (C=O) groups is 2. The molecule has 158 valence electrons. The third kappa shape index (κ3) is 6.81. The summed E-state index contributed by atoms with van der Waals surface area (Å²) in [5.41, 5.74) is 0.866. The van der Waals surface area contributed by atoms with Crippen LogP contribution in [0.4, 0.5) is 5.13 Å². The Morgan fingerprint density at radius 3 is 2.69 bits per heavy atom. The predicted molar refractivity (Wildman–Crippen MR) is 116 cm³/mol. The number of methoxy groups -OCH3 is 1. The van der Waals surface area contributed by atoms with Crippen molar-refractivity contribution in [2.24, 2.45) is 5.92 Å². The normalized spacial score (nSPS) is 12.8. The Morgan fingerprint density at radius 1 is 1.21 bits per heavy atom. The van der Waals surface area contributed by atoms with Crippen molar-refractivity contribution >= 4 is 28.3 Å². The molecule has 8 heteroatoms. The number of nitrogens with zero attached hydrogens (tertiary/aromatic N) is 2. The standard InChI is InChI=1S/C21H30N4O3S/c1-5-7-8-12-17(26)22-18(14(3)6-2)19(27)23-21-25-24-20(29-21)15-10-9-11-16(13-15)28-4/h9-11,13-14,18H,5-8,12H2,1-4H3,(H,22,26)(H,23,25,27). The fraction of sp³-hybridized carbons (Fsp3) is 0.524. The fourth-order valence-corrected chi connectivity index (χ4v) is 3.56. The van der Waals surface area contributed by atoms with E-state index in [-0.39, 0.29) is 17.7 Å². The van der Waals surface area contributed by atoms with Crippen LogP contribution < -0.4 is 15.4 Å². The Kier molecular flexibility index (Phi) is 9.05. The highest BCUT2D eigenvalue weighted by Gasteiger charge is 2.26. The van der Waals surface area contributed by atoms with Crippen LogP contribution in [0.5, 0.6) is 5.75 Å². The van der Waals surface area contributed by atoms with Crippen molar-refractivity contribution in [1.82, 2.24) is 15.5 Å². The van der Waals surface area contributed by atoms with Gasteiger partial charge in [-0.2, -0.15) is 0 Å². The van der Waals surface area contributed by atoms with Crippen molar-refractivity contribution in [2.75, 3.05) is 12.4 Å². The Bertz CT molecular complexity index is 809. The molecule has 0 fully saturated rings. The molecule has 2 unspecified atom stereocenters. The molecular weight excluding hydrogens is 388 g/mol. The molecule has 0 spiro atoms. The van der Waals surface area contributed by atoms with E-state index >= 15 is 0 Å². The van der Waals surface area contributed by atoms with Crippen molar-refractivity contribution in [3.8, 4) is 16.3 Å². The third-order valence-electron chi connectivity index (χ3n) is 4.79. The molecule has 2 atom stereocenters. The monoisotopic (exact) mass is 418 g/mol. The van der Waals surface area contributed by atoms with E-state index in [9.17, 15) is 9.59 Å². The molecule has 1 heterocycles. The molecule has 1 aromatic heterocycles. The second-order valence-corrected chi connectivity index (χ2v) is 8.00. The molecule has 0 saturated heterocycles. The highest BCUT2D eigenvalue weighted by molar-refractivity contribution is 7.18. The molecule has 0 radical (unpaired) electrons. The number of unbranched alkanes of at least 4 members (excludes halogenated alkanes) is 2. The predicted octanol–water partition coefficient (Wildman–Crippen LogP) is 4.26. The van der Waals surface area contributed by atoms with E-state index in [1.165, 1.54) is 11.3 Å². The lowest BCUT2D eigenvalue weighted by molar-refractivity contribution is -0.127. The molecule has 0 aliphatic rings. The summed E-state index contributed by atoms with van der Waals surface area (Å²) >= 11 is 1.28.